The average molecular weight is 326 g/mol. The summed E-state index contributed by atoms with van der Waals surface area (Å²) < 4.78 is 37.6. The van der Waals surface area contributed by atoms with Gasteiger partial charge in [-0.15, -0.1) is 0 Å². The maximum atomic E-state index is 13.4. The Labute approximate surface area is 129 Å². The van der Waals surface area contributed by atoms with Crippen LogP contribution < -0.4 is 5.32 Å². The molecule has 1 heterocycles. The van der Waals surface area contributed by atoms with Gasteiger partial charge < -0.3 is 5.32 Å². The molecule has 1 saturated heterocycles. The largest absolute Gasteiger partial charge is 0.350 e. The highest BCUT2D eigenvalue weighted by Gasteiger charge is 2.25. The predicted octanol–water partition coefficient (Wildman–Crippen LogP) is 1.38. The van der Waals surface area contributed by atoms with E-state index in [0.717, 1.165) is 0 Å². The number of halogens is 1. The van der Waals surface area contributed by atoms with Crippen LogP contribution in [0.25, 0.3) is 6.08 Å². The molecule has 0 bridgehead atoms. The molecule has 0 atom stereocenters. The second kappa shape index (κ2) is 7.02. The van der Waals surface area contributed by atoms with Gasteiger partial charge in [-0.2, -0.15) is 0 Å². The van der Waals surface area contributed by atoms with Gasteiger partial charge in [-0.25, -0.2) is 17.1 Å². The van der Waals surface area contributed by atoms with E-state index >= 15 is 0 Å². The Bertz CT molecular complexity index is 665. The highest BCUT2D eigenvalue weighted by molar-refractivity contribution is 7.88. The number of amides is 1. The summed E-state index contributed by atoms with van der Waals surface area (Å²) in [6.07, 6.45) is 5.05. The fourth-order valence-electron chi connectivity index (χ4n) is 2.36. The van der Waals surface area contributed by atoms with Crippen LogP contribution in [0.1, 0.15) is 18.4 Å². The maximum Gasteiger partial charge on any atom is 0.244 e. The third-order valence-corrected chi connectivity index (χ3v) is 4.89. The van der Waals surface area contributed by atoms with Crippen molar-refractivity contribution in [1.82, 2.24) is 9.62 Å². The molecule has 1 N–H and O–H groups in total. The molecule has 1 fully saturated rings. The Morgan fingerprint density at radius 3 is 2.55 bits per heavy atom. The van der Waals surface area contributed by atoms with Gasteiger partial charge in [0.15, 0.2) is 0 Å². The molecule has 2 rings (SSSR count). The summed E-state index contributed by atoms with van der Waals surface area (Å²) in [7, 11) is -3.16. The number of carbonyl (C=O) groups is 1. The van der Waals surface area contributed by atoms with Crippen molar-refractivity contribution in [1.29, 1.82) is 0 Å². The smallest absolute Gasteiger partial charge is 0.244 e. The molecule has 0 unspecified atom stereocenters. The number of piperidine rings is 1. The number of hydrogen-bond acceptors (Lipinski definition) is 3. The van der Waals surface area contributed by atoms with Crippen LogP contribution in [0.5, 0.6) is 0 Å². The molecule has 22 heavy (non-hydrogen) atoms. The number of sulfonamides is 1. The van der Waals surface area contributed by atoms with E-state index in [1.807, 2.05) is 0 Å². The van der Waals surface area contributed by atoms with Crippen LogP contribution in [0.15, 0.2) is 30.3 Å². The fourth-order valence-corrected chi connectivity index (χ4v) is 3.23. The minimum absolute atomic E-state index is 0.0595. The Kier molecular flexibility index (Phi) is 5.31. The SMILES string of the molecule is CS(=O)(=O)N1CCC(NC(=O)/C=C/c2ccccc2F)CC1. The van der Waals surface area contributed by atoms with Crippen molar-refractivity contribution in [3.8, 4) is 0 Å². The van der Waals surface area contributed by atoms with Gasteiger partial charge >= 0.3 is 0 Å². The molecular formula is C15H19FN2O3S. The van der Waals surface area contributed by atoms with E-state index in [2.05, 4.69) is 5.32 Å². The van der Waals surface area contributed by atoms with E-state index in [1.54, 1.807) is 18.2 Å². The minimum Gasteiger partial charge on any atom is -0.350 e. The quantitative estimate of drug-likeness (QED) is 0.850. The molecule has 0 spiro atoms. The number of carbonyl (C=O) groups excluding carboxylic acids is 1. The van der Waals surface area contributed by atoms with Crippen LogP contribution in [-0.4, -0.2) is 44.0 Å². The zero-order valence-electron chi connectivity index (χ0n) is 12.3. The van der Waals surface area contributed by atoms with Crippen LogP contribution in [0.3, 0.4) is 0 Å². The van der Waals surface area contributed by atoms with Crippen LogP contribution in [0, 0.1) is 5.82 Å². The molecule has 1 aliphatic heterocycles. The van der Waals surface area contributed by atoms with E-state index in [4.69, 9.17) is 0 Å². The van der Waals surface area contributed by atoms with E-state index in [0.29, 0.717) is 31.5 Å². The fraction of sp³-hybridized carbons (Fsp3) is 0.400. The standard InChI is InChI=1S/C15H19FN2O3S/c1-22(20,21)18-10-8-13(9-11-18)17-15(19)7-6-12-4-2-3-5-14(12)16/h2-7,13H,8-11H2,1H3,(H,17,19)/b7-6+. The lowest BCUT2D eigenvalue weighted by molar-refractivity contribution is -0.117. The molecule has 1 aliphatic rings. The van der Waals surface area contributed by atoms with Crippen molar-refractivity contribution in [3.63, 3.8) is 0 Å². The summed E-state index contributed by atoms with van der Waals surface area (Å²) in [5.74, 6) is -0.686. The van der Waals surface area contributed by atoms with Crippen LogP contribution in [0.4, 0.5) is 4.39 Å². The lowest BCUT2D eigenvalue weighted by Crippen LogP contribution is -2.45. The van der Waals surface area contributed by atoms with Crippen LogP contribution >= 0.6 is 0 Å². The van der Waals surface area contributed by atoms with Gasteiger partial charge in [-0.05, 0) is 25.0 Å². The number of nitrogens with zero attached hydrogens (tertiary/aromatic N) is 1. The molecule has 1 aromatic rings. The first-order chi connectivity index (χ1) is 10.4. The van der Waals surface area contributed by atoms with Crippen molar-refractivity contribution in [2.45, 2.75) is 18.9 Å². The van der Waals surface area contributed by atoms with Crippen molar-refractivity contribution in [2.24, 2.45) is 0 Å². The number of nitrogens with one attached hydrogen (secondary N) is 1. The van der Waals surface area contributed by atoms with Crippen molar-refractivity contribution in [3.05, 3.63) is 41.7 Å². The van der Waals surface area contributed by atoms with Gasteiger partial charge in [0.2, 0.25) is 15.9 Å². The lowest BCUT2D eigenvalue weighted by Gasteiger charge is -2.30. The summed E-state index contributed by atoms with van der Waals surface area (Å²) in [5.41, 5.74) is 0.351. The van der Waals surface area contributed by atoms with E-state index in [9.17, 15) is 17.6 Å². The molecule has 0 aliphatic carbocycles. The number of benzene rings is 1. The van der Waals surface area contributed by atoms with Gasteiger partial charge in [-0.1, -0.05) is 18.2 Å². The third-order valence-electron chi connectivity index (χ3n) is 3.59. The summed E-state index contributed by atoms with van der Waals surface area (Å²) in [5, 5.41) is 2.81. The van der Waals surface area contributed by atoms with E-state index < -0.39 is 10.0 Å². The van der Waals surface area contributed by atoms with Gasteiger partial charge in [0, 0.05) is 30.8 Å². The zero-order valence-corrected chi connectivity index (χ0v) is 13.1. The molecular weight excluding hydrogens is 307 g/mol. The monoisotopic (exact) mass is 326 g/mol. The Morgan fingerprint density at radius 2 is 1.95 bits per heavy atom. The van der Waals surface area contributed by atoms with Crippen molar-refractivity contribution < 1.29 is 17.6 Å². The predicted molar refractivity (Wildman–Crippen MR) is 83.0 cm³/mol. The van der Waals surface area contributed by atoms with Gasteiger partial charge in [-0.3, -0.25) is 4.79 Å². The second-order valence-corrected chi connectivity index (χ2v) is 7.28. The summed E-state index contributed by atoms with van der Waals surface area (Å²) in [6, 6.07) is 6.14. The maximum absolute atomic E-state index is 13.4. The molecule has 5 nitrogen and oxygen atoms in total. The molecule has 1 amide bonds. The molecule has 0 aromatic heterocycles. The first-order valence-electron chi connectivity index (χ1n) is 7.04. The zero-order chi connectivity index (χ0) is 16.2. The van der Waals surface area contributed by atoms with Gasteiger partial charge in [0.25, 0.3) is 0 Å². The van der Waals surface area contributed by atoms with Crippen LogP contribution in [-0.2, 0) is 14.8 Å². The van der Waals surface area contributed by atoms with E-state index in [1.165, 1.54) is 28.8 Å². The number of hydrogen-bond donors (Lipinski definition) is 1. The number of rotatable bonds is 4. The van der Waals surface area contributed by atoms with Crippen molar-refractivity contribution >= 4 is 22.0 Å². The van der Waals surface area contributed by atoms with Gasteiger partial charge in [0.1, 0.15) is 5.82 Å². The summed E-state index contributed by atoms with van der Waals surface area (Å²) >= 11 is 0. The second-order valence-electron chi connectivity index (χ2n) is 5.30. The highest BCUT2D eigenvalue weighted by atomic mass is 32.2. The van der Waals surface area contributed by atoms with Gasteiger partial charge in [0.05, 0.1) is 6.26 Å². The summed E-state index contributed by atoms with van der Waals surface area (Å²) in [4.78, 5) is 11.8. The first-order valence-corrected chi connectivity index (χ1v) is 8.89. The lowest BCUT2D eigenvalue weighted by atomic mass is 10.1. The first kappa shape index (κ1) is 16.6. The van der Waals surface area contributed by atoms with Crippen molar-refractivity contribution in [2.75, 3.05) is 19.3 Å². The molecule has 7 heteroatoms. The summed E-state index contributed by atoms with van der Waals surface area (Å²) in [6.45, 7) is 0.807. The topological polar surface area (TPSA) is 66.5 Å². The average Bonchev–Trinajstić information content (AvgIpc) is 2.46. The van der Waals surface area contributed by atoms with Crippen LogP contribution in [0.2, 0.25) is 0 Å². The normalized spacial score (nSPS) is 17.7. The highest BCUT2D eigenvalue weighted by Crippen LogP contribution is 2.13. The Morgan fingerprint density at radius 1 is 1.32 bits per heavy atom. The van der Waals surface area contributed by atoms with E-state index in [-0.39, 0.29) is 17.8 Å². The third kappa shape index (κ3) is 4.64. The molecule has 1 aromatic carbocycles. The Hall–Kier alpha value is -1.73. The molecule has 0 radical (unpaired) electrons. The Balaban J connectivity index is 1.85. The molecule has 0 saturated carbocycles. The minimum atomic E-state index is -3.16. The molecule has 120 valence electrons.